The van der Waals surface area contributed by atoms with Crippen LogP contribution in [0, 0.1) is 0 Å². The predicted molar refractivity (Wildman–Crippen MR) is 73.0 cm³/mol. The molecule has 0 saturated carbocycles. The highest BCUT2D eigenvalue weighted by molar-refractivity contribution is 6.31. The zero-order valence-corrected chi connectivity index (χ0v) is 11.5. The summed E-state index contributed by atoms with van der Waals surface area (Å²) < 4.78 is 5.04. The Hall–Kier alpha value is -1.55. The Morgan fingerprint density at radius 2 is 2.00 bits per heavy atom. The molecule has 4 nitrogen and oxygen atoms in total. The van der Waals surface area contributed by atoms with Crippen molar-refractivity contribution in [1.82, 2.24) is 0 Å². The van der Waals surface area contributed by atoms with Gasteiger partial charge in [-0.3, -0.25) is 0 Å². The predicted octanol–water partition coefficient (Wildman–Crippen LogP) is 3.17. The van der Waals surface area contributed by atoms with Crippen molar-refractivity contribution in [1.29, 1.82) is 0 Å². The van der Waals surface area contributed by atoms with Crippen molar-refractivity contribution in [2.45, 2.75) is 32.8 Å². The number of nitrogens with zero attached hydrogens (tertiary/aromatic N) is 1. The molecule has 1 aromatic rings. The molecule has 0 unspecified atom stereocenters. The lowest BCUT2D eigenvalue weighted by Gasteiger charge is -2.17. The molecule has 0 aliphatic carbocycles. The average Bonchev–Trinajstić information content (AvgIpc) is 2.18. The third-order valence-electron chi connectivity index (χ3n) is 1.96. The SMILES string of the molecule is CC(C)(C)OC(=O)/N=C(\N)Cc1ccccc1Cl. The minimum absolute atomic E-state index is 0.178. The van der Waals surface area contributed by atoms with E-state index in [0.717, 1.165) is 5.56 Å². The maximum atomic E-state index is 11.4. The Bertz CT molecular complexity index is 464. The lowest BCUT2D eigenvalue weighted by Crippen LogP contribution is -2.24. The van der Waals surface area contributed by atoms with Gasteiger partial charge in [-0.25, -0.2) is 4.79 Å². The summed E-state index contributed by atoms with van der Waals surface area (Å²) in [4.78, 5) is 15.1. The molecule has 0 saturated heterocycles. The summed E-state index contributed by atoms with van der Waals surface area (Å²) in [6.45, 7) is 5.31. The number of carbonyl (C=O) groups excluding carboxylic acids is 1. The fraction of sp³-hybridized carbons (Fsp3) is 0.385. The molecule has 98 valence electrons. The molecule has 0 aromatic heterocycles. The molecule has 0 spiro atoms. The highest BCUT2D eigenvalue weighted by Crippen LogP contribution is 2.15. The molecule has 18 heavy (non-hydrogen) atoms. The number of nitrogens with two attached hydrogens (primary N) is 1. The number of benzene rings is 1. The molecule has 1 rings (SSSR count). The lowest BCUT2D eigenvalue weighted by molar-refractivity contribution is 0.0604. The number of rotatable bonds is 2. The highest BCUT2D eigenvalue weighted by Gasteiger charge is 2.16. The Labute approximate surface area is 112 Å². The highest BCUT2D eigenvalue weighted by atomic mass is 35.5. The Morgan fingerprint density at radius 3 is 2.56 bits per heavy atom. The maximum Gasteiger partial charge on any atom is 0.435 e. The summed E-state index contributed by atoms with van der Waals surface area (Å²) in [6, 6.07) is 7.27. The van der Waals surface area contributed by atoms with Crippen LogP contribution in [-0.2, 0) is 11.2 Å². The van der Waals surface area contributed by atoms with Gasteiger partial charge in [-0.2, -0.15) is 4.99 Å². The van der Waals surface area contributed by atoms with Gasteiger partial charge < -0.3 is 10.5 Å². The van der Waals surface area contributed by atoms with E-state index in [4.69, 9.17) is 22.1 Å². The van der Waals surface area contributed by atoms with Gasteiger partial charge in [-0.1, -0.05) is 29.8 Å². The average molecular weight is 269 g/mol. The number of hydrogen-bond acceptors (Lipinski definition) is 2. The van der Waals surface area contributed by atoms with E-state index in [1.54, 1.807) is 26.8 Å². The third kappa shape index (κ3) is 5.19. The van der Waals surface area contributed by atoms with Gasteiger partial charge in [0.05, 0.1) is 0 Å². The molecular formula is C13H17ClN2O2. The lowest BCUT2D eigenvalue weighted by atomic mass is 10.1. The van der Waals surface area contributed by atoms with E-state index in [2.05, 4.69) is 4.99 Å². The number of ether oxygens (including phenoxy) is 1. The van der Waals surface area contributed by atoms with Crippen molar-refractivity contribution >= 4 is 23.5 Å². The zero-order chi connectivity index (χ0) is 13.8. The van der Waals surface area contributed by atoms with Crippen molar-refractivity contribution < 1.29 is 9.53 Å². The first-order valence-electron chi connectivity index (χ1n) is 5.57. The van der Waals surface area contributed by atoms with E-state index < -0.39 is 11.7 Å². The first-order valence-corrected chi connectivity index (χ1v) is 5.95. The maximum absolute atomic E-state index is 11.4. The Morgan fingerprint density at radius 1 is 1.39 bits per heavy atom. The normalized spacial score (nSPS) is 12.3. The topological polar surface area (TPSA) is 64.7 Å². The molecule has 0 aliphatic heterocycles. The van der Waals surface area contributed by atoms with Gasteiger partial charge in [-0.05, 0) is 32.4 Å². The van der Waals surface area contributed by atoms with Crippen LogP contribution in [0.1, 0.15) is 26.3 Å². The summed E-state index contributed by atoms with van der Waals surface area (Å²) >= 11 is 5.98. The standard InChI is InChI=1S/C13H17ClN2O2/c1-13(2,3)18-12(17)16-11(15)8-9-6-4-5-7-10(9)14/h4-7H,8H2,1-3H3,(H2,15,16,17). The van der Waals surface area contributed by atoms with Crippen LogP contribution in [0.15, 0.2) is 29.3 Å². The van der Waals surface area contributed by atoms with Crippen molar-refractivity contribution in [3.63, 3.8) is 0 Å². The Balaban J connectivity index is 2.68. The van der Waals surface area contributed by atoms with Crippen molar-refractivity contribution in [2.75, 3.05) is 0 Å². The molecule has 2 N–H and O–H groups in total. The van der Waals surface area contributed by atoms with Gasteiger partial charge >= 0.3 is 6.09 Å². The quantitative estimate of drug-likeness (QED) is 0.662. The second kappa shape index (κ2) is 5.87. The minimum Gasteiger partial charge on any atom is -0.442 e. The van der Waals surface area contributed by atoms with E-state index in [1.807, 2.05) is 18.2 Å². The number of amides is 1. The number of hydrogen-bond donors (Lipinski definition) is 1. The molecule has 0 fully saturated rings. The third-order valence-corrected chi connectivity index (χ3v) is 2.33. The van der Waals surface area contributed by atoms with Crippen LogP contribution in [0.4, 0.5) is 4.79 Å². The number of amidine groups is 1. The molecule has 0 heterocycles. The van der Waals surface area contributed by atoms with E-state index in [1.165, 1.54) is 0 Å². The summed E-state index contributed by atoms with van der Waals surface area (Å²) in [6.07, 6.45) is -0.370. The van der Waals surface area contributed by atoms with E-state index in [-0.39, 0.29) is 5.84 Å². The summed E-state index contributed by atoms with van der Waals surface area (Å²) in [7, 11) is 0. The van der Waals surface area contributed by atoms with Crippen LogP contribution in [0.2, 0.25) is 5.02 Å². The van der Waals surface area contributed by atoms with Crippen molar-refractivity contribution in [3.05, 3.63) is 34.9 Å². The number of carbonyl (C=O) groups is 1. The van der Waals surface area contributed by atoms with Gasteiger partial charge in [0, 0.05) is 11.4 Å². The Kier molecular flexibility index (Phi) is 4.73. The molecule has 1 aromatic carbocycles. The van der Waals surface area contributed by atoms with Crippen LogP contribution in [0.5, 0.6) is 0 Å². The van der Waals surface area contributed by atoms with Crippen LogP contribution in [0.25, 0.3) is 0 Å². The largest absolute Gasteiger partial charge is 0.442 e. The summed E-state index contributed by atoms with van der Waals surface area (Å²) in [5.74, 6) is 0.178. The molecule has 5 heteroatoms. The van der Waals surface area contributed by atoms with Gasteiger partial charge in [-0.15, -0.1) is 0 Å². The molecule has 0 aliphatic rings. The van der Waals surface area contributed by atoms with Crippen molar-refractivity contribution in [2.24, 2.45) is 10.7 Å². The van der Waals surface area contributed by atoms with Crippen LogP contribution >= 0.6 is 11.6 Å². The second-order valence-corrected chi connectivity index (χ2v) is 5.26. The van der Waals surface area contributed by atoms with Gasteiger partial charge in [0.2, 0.25) is 0 Å². The molecular weight excluding hydrogens is 252 g/mol. The summed E-state index contributed by atoms with van der Waals surface area (Å²) in [5.41, 5.74) is 5.93. The van der Waals surface area contributed by atoms with Gasteiger partial charge in [0.1, 0.15) is 11.4 Å². The molecule has 0 bridgehead atoms. The molecule has 1 amide bonds. The first-order chi connectivity index (χ1) is 8.28. The number of halogens is 1. The van der Waals surface area contributed by atoms with Gasteiger partial charge in [0.15, 0.2) is 0 Å². The minimum atomic E-state index is -0.688. The molecule has 0 atom stereocenters. The van der Waals surface area contributed by atoms with Gasteiger partial charge in [0.25, 0.3) is 0 Å². The zero-order valence-electron chi connectivity index (χ0n) is 10.7. The van der Waals surface area contributed by atoms with Crippen LogP contribution in [-0.4, -0.2) is 17.5 Å². The monoisotopic (exact) mass is 268 g/mol. The second-order valence-electron chi connectivity index (χ2n) is 4.85. The fourth-order valence-corrected chi connectivity index (χ4v) is 1.48. The van der Waals surface area contributed by atoms with E-state index in [0.29, 0.717) is 11.4 Å². The fourth-order valence-electron chi connectivity index (χ4n) is 1.28. The summed E-state index contributed by atoms with van der Waals surface area (Å²) in [5, 5.41) is 0.597. The molecule has 0 radical (unpaired) electrons. The van der Waals surface area contributed by atoms with Crippen LogP contribution in [0.3, 0.4) is 0 Å². The van der Waals surface area contributed by atoms with Crippen LogP contribution < -0.4 is 5.73 Å². The van der Waals surface area contributed by atoms with E-state index >= 15 is 0 Å². The first kappa shape index (κ1) is 14.5. The smallest absolute Gasteiger partial charge is 0.435 e. The number of aliphatic imine (C=N–C) groups is 1. The van der Waals surface area contributed by atoms with E-state index in [9.17, 15) is 4.79 Å². The van der Waals surface area contributed by atoms with Crippen molar-refractivity contribution in [3.8, 4) is 0 Å².